The Labute approximate surface area is 199 Å². The van der Waals surface area contributed by atoms with E-state index in [1.807, 2.05) is 52.0 Å². The predicted molar refractivity (Wildman–Crippen MR) is 133 cm³/mol. The van der Waals surface area contributed by atoms with Crippen molar-refractivity contribution in [3.8, 4) is 17.3 Å². The van der Waals surface area contributed by atoms with Gasteiger partial charge in [-0.05, 0) is 45.9 Å². The Bertz CT molecular complexity index is 1200. The van der Waals surface area contributed by atoms with Crippen LogP contribution in [0.25, 0.3) is 11.4 Å². The number of pyridine rings is 2. The van der Waals surface area contributed by atoms with Gasteiger partial charge in [0, 0.05) is 44.1 Å². The fraction of sp³-hybridized carbons (Fsp3) is 0.440. The van der Waals surface area contributed by atoms with Crippen LogP contribution in [0.1, 0.15) is 25.2 Å². The van der Waals surface area contributed by atoms with Crippen molar-refractivity contribution in [3.63, 3.8) is 0 Å². The van der Waals surface area contributed by atoms with Crippen molar-refractivity contribution in [1.82, 2.24) is 19.5 Å². The molecule has 180 valence electrons. The van der Waals surface area contributed by atoms with E-state index in [4.69, 9.17) is 14.5 Å². The maximum atomic E-state index is 13.6. The lowest BCUT2D eigenvalue weighted by atomic mass is 10.1. The van der Waals surface area contributed by atoms with Gasteiger partial charge in [0.05, 0.1) is 30.6 Å². The van der Waals surface area contributed by atoms with E-state index in [9.17, 15) is 4.79 Å². The van der Waals surface area contributed by atoms with Crippen LogP contribution >= 0.6 is 0 Å². The second kappa shape index (κ2) is 10.2. The maximum absolute atomic E-state index is 13.6. The third kappa shape index (κ3) is 4.61. The molecule has 0 amide bonds. The van der Waals surface area contributed by atoms with Gasteiger partial charge >= 0.3 is 0 Å². The van der Waals surface area contributed by atoms with Crippen LogP contribution in [0.3, 0.4) is 0 Å². The van der Waals surface area contributed by atoms with Crippen molar-refractivity contribution in [2.75, 3.05) is 37.0 Å². The van der Waals surface area contributed by atoms with Crippen LogP contribution in [-0.2, 0) is 11.3 Å². The van der Waals surface area contributed by atoms with Gasteiger partial charge in [-0.3, -0.25) is 9.36 Å². The summed E-state index contributed by atoms with van der Waals surface area (Å²) in [4.78, 5) is 29.5. The van der Waals surface area contributed by atoms with Crippen molar-refractivity contribution < 1.29 is 9.47 Å². The smallest absolute Gasteiger partial charge is 0.277 e. The molecule has 9 heteroatoms. The van der Waals surface area contributed by atoms with E-state index < -0.39 is 0 Å². The fourth-order valence-corrected chi connectivity index (χ4v) is 4.42. The van der Waals surface area contributed by atoms with E-state index in [1.165, 1.54) is 0 Å². The Morgan fingerprint density at radius 1 is 1.09 bits per heavy atom. The molecule has 1 saturated heterocycles. The number of hydrogen-bond acceptors (Lipinski definition) is 8. The van der Waals surface area contributed by atoms with E-state index in [1.54, 1.807) is 23.9 Å². The number of rotatable bonds is 8. The Kier molecular flexibility index (Phi) is 7.12. The molecule has 0 aromatic carbocycles. The van der Waals surface area contributed by atoms with Gasteiger partial charge in [-0.25, -0.2) is 15.0 Å². The summed E-state index contributed by atoms with van der Waals surface area (Å²) < 4.78 is 12.9. The minimum absolute atomic E-state index is 0.0734. The maximum Gasteiger partial charge on any atom is 0.277 e. The molecular formula is C25H32N6O3. The SMILES string of the molecule is CCOC1CN(c2ccccn2)CC1Nc1c(C)nc(-c2ccc(OC)nc2C)n(CC)c1=O. The van der Waals surface area contributed by atoms with Crippen LogP contribution in [0.15, 0.2) is 41.3 Å². The Morgan fingerprint density at radius 2 is 1.91 bits per heavy atom. The van der Waals surface area contributed by atoms with Crippen LogP contribution < -0.4 is 20.5 Å². The molecule has 0 bridgehead atoms. The summed E-state index contributed by atoms with van der Waals surface area (Å²) in [5.41, 5.74) is 2.61. The number of hydrogen-bond donors (Lipinski definition) is 1. The number of methoxy groups -OCH3 is 1. The van der Waals surface area contributed by atoms with E-state index >= 15 is 0 Å². The van der Waals surface area contributed by atoms with Crippen molar-refractivity contribution >= 4 is 11.5 Å². The Hall–Kier alpha value is -3.46. The molecule has 9 nitrogen and oxygen atoms in total. The third-order valence-electron chi connectivity index (χ3n) is 6.13. The van der Waals surface area contributed by atoms with Crippen molar-refractivity contribution in [1.29, 1.82) is 0 Å². The molecule has 34 heavy (non-hydrogen) atoms. The van der Waals surface area contributed by atoms with Gasteiger partial charge in [-0.15, -0.1) is 0 Å². The molecule has 0 saturated carbocycles. The fourth-order valence-electron chi connectivity index (χ4n) is 4.42. The Balaban J connectivity index is 1.67. The summed E-state index contributed by atoms with van der Waals surface area (Å²) >= 11 is 0. The first-order chi connectivity index (χ1) is 16.5. The molecule has 1 aliphatic heterocycles. The van der Waals surface area contributed by atoms with Crippen LogP contribution in [0.4, 0.5) is 11.5 Å². The molecule has 3 aromatic rings. The summed E-state index contributed by atoms with van der Waals surface area (Å²) in [6.07, 6.45) is 1.71. The summed E-state index contributed by atoms with van der Waals surface area (Å²) in [5, 5.41) is 3.47. The van der Waals surface area contributed by atoms with Crippen LogP contribution in [0.2, 0.25) is 0 Å². The average Bonchev–Trinajstić information content (AvgIpc) is 3.24. The van der Waals surface area contributed by atoms with Crippen molar-refractivity contribution in [2.24, 2.45) is 0 Å². The zero-order valence-corrected chi connectivity index (χ0v) is 20.4. The highest BCUT2D eigenvalue weighted by atomic mass is 16.5. The summed E-state index contributed by atoms with van der Waals surface area (Å²) in [6.45, 7) is 10.1. The van der Waals surface area contributed by atoms with Gasteiger partial charge in [0.25, 0.3) is 5.56 Å². The minimum Gasteiger partial charge on any atom is -0.481 e. The van der Waals surface area contributed by atoms with Crippen LogP contribution in [-0.4, -0.2) is 58.5 Å². The van der Waals surface area contributed by atoms with E-state index in [0.29, 0.717) is 49.3 Å². The van der Waals surface area contributed by atoms with Gasteiger partial charge in [0.15, 0.2) is 0 Å². The van der Waals surface area contributed by atoms with Gasteiger partial charge in [0.1, 0.15) is 17.3 Å². The Morgan fingerprint density at radius 3 is 2.56 bits per heavy atom. The van der Waals surface area contributed by atoms with Gasteiger partial charge in [-0.1, -0.05) is 6.07 Å². The number of aromatic nitrogens is 4. The molecule has 4 heterocycles. The standard InChI is InChI=1S/C25H32N6O3/c1-6-31-24(18-11-12-22(33-5)27-16(18)3)28-17(4)23(25(31)32)29-19-14-30(15-20(19)34-7-2)21-10-8-9-13-26-21/h8-13,19-20,29H,6-7,14-15H2,1-5H3. The van der Waals surface area contributed by atoms with Crippen LogP contribution in [0, 0.1) is 13.8 Å². The number of nitrogens with zero attached hydrogens (tertiary/aromatic N) is 5. The molecule has 0 spiro atoms. The zero-order valence-electron chi connectivity index (χ0n) is 20.4. The summed E-state index contributed by atoms with van der Waals surface area (Å²) in [6, 6.07) is 9.47. The number of anilines is 2. The van der Waals surface area contributed by atoms with Crippen molar-refractivity contribution in [3.05, 3.63) is 58.3 Å². The summed E-state index contributed by atoms with van der Waals surface area (Å²) in [5.74, 6) is 2.03. The largest absolute Gasteiger partial charge is 0.481 e. The van der Waals surface area contributed by atoms with E-state index in [-0.39, 0.29) is 17.7 Å². The lowest BCUT2D eigenvalue weighted by Crippen LogP contribution is -2.38. The first kappa shape index (κ1) is 23.7. The molecule has 2 unspecified atom stereocenters. The van der Waals surface area contributed by atoms with Gasteiger partial charge in [0.2, 0.25) is 5.88 Å². The van der Waals surface area contributed by atoms with Gasteiger partial charge < -0.3 is 19.7 Å². The molecule has 2 atom stereocenters. The molecule has 0 aliphatic carbocycles. The molecule has 4 rings (SSSR count). The molecular weight excluding hydrogens is 432 g/mol. The molecule has 1 N–H and O–H groups in total. The zero-order chi connectivity index (χ0) is 24.2. The predicted octanol–water partition coefficient (Wildman–Crippen LogP) is 3.05. The second-order valence-corrected chi connectivity index (χ2v) is 8.27. The molecule has 1 aliphatic rings. The van der Waals surface area contributed by atoms with Gasteiger partial charge in [-0.2, -0.15) is 0 Å². The highest BCUT2D eigenvalue weighted by molar-refractivity contribution is 5.62. The monoisotopic (exact) mass is 464 g/mol. The molecule has 1 fully saturated rings. The first-order valence-electron chi connectivity index (χ1n) is 11.6. The average molecular weight is 465 g/mol. The van der Waals surface area contributed by atoms with E-state index in [0.717, 1.165) is 17.1 Å². The molecule has 3 aromatic heterocycles. The number of nitrogens with one attached hydrogen (secondary N) is 1. The normalized spacial score (nSPS) is 17.7. The van der Waals surface area contributed by atoms with Crippen LogP contribution in [0.5, 0.6) is 5.88 Å². The van der Waals surface area contributed by atoms with E-state index in [2.05, 4.69) is 20.2 Å². The topological polar surface area (TPSA) is 94.4 Å². The first-order valence-corrected chi connectivity index (χ1v) is 11.6. The number of aryl methyl sites for hydroxylation is 2. The number of ether oxygens (including phenoxy) is 2. The lowest BCUT2D eigenvalue weighted by Gasteiger charge is -2.22. The third-order valence-corrected chi connectivity index (χ3v) is 6.13. The quantitative estimate of drug-likeness (QED) is 0.544. The van der Waals surface area contributed by atoms with Crippen molar-refractivity contribution in [2.45, 2.75) is 46.4 Å². The lowest BCUT2D eigenvalue weighted by molar-refractivity contribution is 0.0720. The highest BCUT2D eigenvalue weighted by Crippen LogP contribution is 2.26. The summed E-state index contributed by atoms with van der Waals surface area (Å²) in [7, 11) is 1.58. The molecule has 0 radical (unpaired) electrons. The second-order valence-electron chi connectivity index (χ2n) is 8.27. The highest BCUT2D eigenvalue weighted by Gasteiger charge is 2.35. The minimum atomic E-state index is -0.105.